The third-order valence-corrected chi connectivity index (χ3v) is 2.23. The van der Waals surface area contributed by atoms with Crippen LogP contribution in [0.5, 0.6) is 17.4 Å². The van der Waals surface area contributed by atoms with E-state index in [2.05, 4.69) is 4.98 Å². The zero-order valence-corrected chi connectivity index (χ0v) is 9.81. The summed E-state index contributed by atoms with van der Waals surface area (Å²) in [7, 11) is 1.62. The summed E-state index contributed by atoms with van der Waals surface area (Å²) in [4.78, 5) is 4.07. The number of anilines is 1. The Labute approximate surface area is 100 Å². The first-order valence-electron chi connectivity index (χ1n) is 5.23. The minimum Gasteiger partial charge on any atom is -0.497 e. The van der Waals surface area contributed by atoms with Gasteiger partial charge in [-0.25, -0.2) is 0 Å². The van der Waals surface area contributed by atoms with Crippen molar-refractivity contribution in [2.24, 2.45) is 0 Å². The summed E-state index contributed by atoms with van der Waals surface area (Å²) in [6.45, 7) is 1.97. The van der Waals surface area contributed by atoms with E-state index in [-0.39, 0.29) is 0 Å². The number of nitrogens with zero attached hydrogens (tertiary/aromatic N) is 1. The van der Waals surface area contributed by atoms with Crippen LogP contribution in [0.15, 0.2) is 36.4 Å². The van der Waals surface area contributed by atoms with Crippen LogP contribution < -0.4 is 15.2 Å². The molecule has 1 aromatic carbocycles. The van der Waals surface area contributed by atoms with Gasteiger partial charge in [-0.2, -0.15) is 4.98 Å². The zero-order chi connectivity index (χ0) is 12.3. The van der Waals surface area contributed by atoms with Gasteiger partial charge in [-0.1, -0.05) is 6.07 Å². The number of ether oxygens (including phenoxy) is 2. The quantitative estimate of drug-likeness (QED) is 0.880. The van der Waals surface area contributed by atoms with Gasteiger partial charge in [0, 0.05) is 12.1 Å². The number of aryl methyl sites for hydroxylation is 1. The summed E-state index contributed by atoms with van der Waals surface area (Å²) in [5.74, 6) is 2.34. The molecule has 2 aromatic rings. The second kappa shape index (κ2) is 4.74. The molecule has 2 rings (SSSR count). The van der Waals surface area contributed by atoms with Crippen LogP contribution in [0, 0.1) is 6.92 Å². The van der Waals surface area contributed by atoms with Crippen molar-refractivity contribution in [3.8, 4) is 17.4 Å². The van der Waals surface area contributed by atoms with Crippen LogP contribution in [0.2, 0.25) is 0 Å². The van der Waals surface area contributed by atoms with E-state index in [4.69, 9.17) is 15.2 Å². The van der Waals surface area contributed by atoms with E-state index in [9.17, 15) is 0 Å². The van der Waals surface area contributed by atoms with E-state index in [0.29, 0.717) is 17.4 Å². The first-order valence-corrected chi connectivity index (χ1v) is 5.23. The highest BCUT2D eigenvalue weighted by Gasteiger charge is 2.02. The van der Waals surface area contributed by atoms with Crippen molar-refractivity contribution < 1.29 is 9.47 Å². The molecule has 1 heterocycles. The van der Waals surface area contributed by atoms with Gasteiger partial charge >= 0.3 is 0 Å². The normalized spacial score (nSPS) is 10.0. The Kier molecular flexibility index (Phi) is 3.14. The lowest BCUT2D eigenvalue weighted by Gasteiger charge is -2.08. The molecule has 4 nitrogen and oxygen atoms in total. The number of aromatic nitrogens is 1. The average molecular weight is 230 g/mol. The number of pyridine rings is 1. The van der Waals surface area contributed by atoms with Gasteiger partial charge in [0.15, 0.2) is 0 Å². The molecule has 4 heteroatoms. The van der Waals surface area contributed by atoms with Crippen LogP contribution in [-0.2, 0) is 0 Å². The maximum absolute atomic E-state index is 5.61. The molecule has 0 saturated carbocycles. The summed E-state index contributed by atoms with van der Waals surface area (Å²) in [6.07, 6.45) is 0. The maximum Gasteiger partial charge on any atom is 0.221 e. The molecule has 0 amide bonds. The molecule has 1 aromatic heterocycles. The van der Waals surface area contributed by atoms with Crippen LogP contribution in [0.3, 0.4) is 0 Å². The van der Waals surface area contributed by atoms with E-state index in [1.54, 1.807) is 31.4 Å². The Balaban J connectivity index is 2.26. The van der Waals surface area contributed by atoms with Crippen LogP contribution in [-0.4, -0.2) is 12.1 Å². The SMILES string of the molecule is COc1cc(C)cc(Oc2cccc(N)n2)c1. The van der Waals surface area contributed by atoms with Gasteiger partial charge in [0.1, 0.15) is 17.3 Å². The fraction of sp³-hybridized carbons (Fsp3) is 0.154. The Bertz CT molecular complexity index is 527. The molecule has 0 unspecified atom stereocenters. The zero-order valence-electron chi connectivity index (χ0n) is 9.81. The highest BCUT2D eigenvalue weighted by Crippen LogP contribution is 2.26. The highest BCUT2D eigenvalue weighted by molar-refractivity contribution is 5.40. The summed E-state index contributed by atoms with van der Waals surface area (Å²) >= 11 is 0. The third kappa shape index (κ3) is 2.87. The second-order valence-corrected chi connectivity index (χ2v) is 3.69. The largest absolute Gasteiger partial charge is 0.497 e. The second-order valence-electron chi connectivity index (χ2n) is 3.69. The Morgan fingerprint density at radius 3 is 2.59 bits per heavy atom. The van der Waals surface area contributed by atoms with E-state index in [0.717, 1.165) is 11.3 Å². The van der Waals surface area contributed by atoms with E-state index in [1.165, 1.54) is 0 Å². The summed E-state index contributed by atoms with van der Waals surface area (Å²) in [5, 5.41) is 0. The lowest BCUT2D eigenvalue weighted by atomic mass is 10.2. The predicted octanol–water partition coefficient (Wildman–Crippen LogP) is 2.77. The number of hydrogen-bond acceptors (Lipinski definition) is 4. The molecular formula is C13H14N2O2. The van der Waals surface area contributed by atoms with Gasteiger partial charge in [0.2, 0.25) is 5.88 Å². The molecule has 0 fully saturated rings. The highest BCUT2D eigenvalue weighted by atomic mass is 16.5. The van der Waals surface area contributed by atoms with E-state index >= 15 is 0 Å². The molecule has 0 aliphatic rings. The van der Waals surface area contributed by atoms with Crippen molar-refractivity contribution in [2.45, 2.75) is 6.92 Å². The Hall–Kier alpha value is -2.23. The Morgan fingerprint density at radius 1 is 1.12 bits per heavy atom. The van der Waals surface area contributed by atoms with Crippen molar-refractivity contribution in [3.05, 3.63) is 42.0 Å². The van der Waals surface area contributed by atoms with Crippen LogP contribution in [0.4, 0.5) is 5.82 Å². The molecule has 0 saturated heterocycles. The molecule has 0 bridgehead atoms. The smallest absolute Gasteiger partial charge is 0.221 e. The van der Waals surface area contributed by atoms with Crippen molar-refractivity contribution in [1.29, 1.82) is 0 Å². The fourth-order valence-corrected chi connectivity index (χ4v) is 1.50. The number of nitrogens with two attached hydrogens (primary N) is 1. The monoisotopic (exact) mass is 230 g/mol. The summed E-state index contributed by atoms with van der Waals surface area (Å²) in [5.41, 5.74) is 6.64. The van der Waals surface area contributed by atoms with Gasteiger partial charge in [-0.3, -0.25) is 0 Å². The fourth-order valence-electron chi connectivity index (χ4n) is 1.50. The summed E-state index contributed by atoms with van der Waals surface area (Å²) in [6, 6.07) is 10.9. The predicted molar refractivity (Wildman–Crippen MR) is 66.5 cm³/mol. The Morgan fingerprint density at radius 2 is 1.88 bits per heavy atom. The van der Waals surface area contributed by atoms with Crippen LogP contribution >= 0.6 is 0 Å². The first kappa shape index (κ1) is 11.3. The molecule has 0 spiro atoms. The standard InChI is InChI=1S/C13H14N2O2/c1-9-6-10(16-2)8-11(7-9)17-13-5-3-4-12(14)15-13/h3-8H,1-2H3,(H2,14,15). The first-order chi connectivity index (χ1) is 8.17. The minimum atomic E-state index is 0.433. The summed E-state index contributed by atoms with van der Waals surface area (Å²) < 4.78 is 10.8. The molecule has 0 aliphatic heterocycles. The molecule has 0 aliphatic carbocycles. The number of benzene rings is 1. The van der Waals surface area contributed by atoms with Crippen molar-refractivity contribution in [3.63, 3.8) is 0 Å². The van der Waals surface area contributed by atoms with Gasteiger partial charge in [0.25, 0.3) is 0 Å². The third-order valence-electron chi connectivity index (χ3n) is 2.23. The minimum absolute atomic E-state index is 0.433. The topological polar surface area (TPSA) is 57.4 Å². The van der Waals surface area contributed by atoms with Crippen molar-refractivity contribution in [2.75, 3.05) is 12.8 Å². The van der Waals surface area contributed by atoms with E-state index < -0.39 is 0 Å². The van der Waals surface area contributed by atoms with Crippen LogP contribution in [0.1, 0.15) is 5.56 Å². The van der Waals surface area contributed by atoms with Gasteiger partial charge < -0.3 is 15.2 Å². The number of nitrogen functional groups attached to an aromatic ring is 1. The molecule has 2 N–H and O–H groups in total. The van der Waals surface area contributed by atoms with Gasteiger partial charge in [-0.15, -0.1) is 0 Å². The lowest BCUT2D eigenvalue weighted by molar-refractivity contribution is 0.407. The molecule has 0 atom stereocenters. The average Bonchev–Trinajstić information content (AvgIpc) is 2.28. The van der Waals surface area contributed by atoms with E-state index in [1.807, 2.05) is 19.1 Å². The molecule has 17 heavy (non-hydrogen) atoms. The molecule has 88 valence electrons. The van der Waals surface area contributed by atoms with Gasteiger partial charge in [0.05, 0.1) is 7.11 Å². The van der Waals surface area contributed by atoms with Crippen LogP contribution in [0.25, 0.3) is 0 Å². The number of hydrogen-bond donors (Lipinski definition) is 1. The van der Waals surface area contributed by atoms with Crippen molar-refractivity contribution >= 4 is 5.82 Å². The lowest BCUT2D eigenvalue weighted by Crippen LogP contribution is -1.93. The van der Waals surface area contributed by atoms with Gasteiger partial charge in [-0.05, 0) is 30.7 Å². The van der Waals surface area contributed by atoms with Crippen molar-refractivity contribution in [1.82, 2.24) is 4.98 Å². The number of methoxy groups -OCH3 is 1. The molecular weight excluding hydrogens is 216 g/mol. The number of rotatable bonds is 3. The maximum atomic E-state index is 5.61. The molecule has 0 radical (unpaired) electrons.